The highest BCUT2D eigenvalue weighted by Gasteiger charge is 2.30. The summed E-state index contributed by atoms with van der Waals surface area (Å²) in [4.78, 5) is 12.1. The van der Waals surface area contributed by atoms with Gasteiger partial charge in [-0.2, -0.15) is 5.10 Å². The first-order valence-corrected chi connectivity index (χ1v) is 5.24. The molecule has 1 saturated heterocycles. The molecule has 1 aliphatic heterocycles. The van der Waals surface area contributed by atoms with Crippen LogP contribution in [0.2, 0.25) is 0 Å². The number of hydrogen-bond acceptors (Lipinski definition) is 3. The highest BCUT2D eigenvalue weighted by molar-refractivity contribution is 5.98. The Hall–Kier alpha value is -1.16. The predicted octanol–water partition coefficient (Wildman–Crippen LogP) is 1.34. The van der Waals surface area contributed by atoms with Crippen molar-refractivity contribution in [3.63, 3.8) is 0 Å². The van der Waals surface area contributed by atoms with Crippen LogP contribution in [0.15, 0.2) is 6.20 Å². The molecule has 82 valence electrons. The number of ketones is 1. The topological polar surface area (TPSA) is 44.1 Å². The van der Waals surface area contributed by atoms with Gasteiger partial charge in [-0.3, -0.25) is 9.48 Å². The summed E-state index contributed by atoms with van der Waals surface area (Å²) in [5.74, 6) is 0.188. The maximum atomic E-state index is 12.1. The summed E-state index contributed by atoms with van der Waals surface area (Å²) in [6, 6.07) is 0. The summed E-state index contributed by atoms with van der Waals surface area (Å²) < 4.78 is 7.09. The number of carbonyl (C=O) groups excluding carboxylic acids is 1. The van der Waals surface area contributed by atoms with Crippen molar-refractivity contribution in [2.45, 2.75) is 26.4 Å². The number of aryl methyl sites for hydroxylation is 2. The van der Waals surface area contributed by atoms with Crippen LogP contribution >= 0.6 is 0 Å². The van der Waals surface area contributed by atoms with Gasteiger partial charge in [-0.25, -0.2) is 0 Å². The second-order valence-electron chi connectivity index (χ2n) is 4.24. The molecule has 0 saturated carbocycles. The molecule has 15 heavy (non-hydrogen) atoms. The molecule has 0 spiro atoms. The van der Waals surface area contributed by atoms with Crippen LogP contribution in [-0.4, -0.2) is 28.3 Å². The quantitative estimate of drug-likeness (QED) is 0.689. The number of carbonyl (C=O) groups is 1. The largest absolute Gasteiger partial charge is 0.378 e. The van der Waals surface area contributed by atoms with Gasteiger partial charge in [-0.05, 0) is 20.3 Å². The Morgan fingerprint density at radius 1 is 1.67 bits per heavy atom. The van der Waals surface area contributed by atoms with Gasteiger partial charge in [0.25, 0.3) is 0 Å². The molecule has 1 aromatic rings. The van der Waals surface area contributed by atoms with Crippen LogP contribution in [-0.2, 0) is 11.8 Å². The monoisotopic (exact) mass is 208 g/mol. The summed E-state index contributed by atoms with van der Waals surface area (Å²) in [6.07, 6.45) is 2.82. The second-order valence-corrected chi connectivity index (χ2v) is 4.24. The smallest absolute Gasteiger partial charge is 0.171 e. The van der Waals surface area contributed by atoms with Gasteiger partial charge < -0.3 is 4.74 Å². The Bertz CT molecular complexity index is 384. The summed E-state index contributed by atoms with van der Waals surface area (Å²) in [5, 5.41) is 4.18. The third-order valence-corrected chi connectivity index (χ3v) is 2.85. The average Bonchev–Trinajstić information content (AvgIpc) is 2.71. The van der Waals surface area contributed by atoms with E-state index in [2.05, 4.69) is 5.10 Å². The summed E-state index contributed by atoms with van der Waals surface area (Å²) >= 11 is 0. The van der Waals surface area contributed by atoms with Crippen LogP contribution in [0.4, 0.5) is 0 Å². The summed E-state index contributed by atoms with van der Waals surface area (Å²) in [7, 11) is 1.83. The molecule has 1 aliphatic rings. The molecule has 2 rings (SSSR count). The molecule has 0 N–H and O–H groups in total. The minimum absolute atomic E-state index is 0.0166. The lowest BCUT2D eigenvalue weighted by Crippen LogP contribution is -2.15. The SMILES string of the molecule is Cc1nn(C)cc1C(=O)C1COC(C)C1. The molecule has 0 radical (unpaired) electrons. The Kier molecular flexibility index (Phi) is 2.61. The minimum Gasteiger partial charge on any atom is -0.378 e. The third kappa shape index (κ3) is 1.95. The molecule has 4 nitrogen and oxygen atoms in total. The summed E-state index contributed by atoms with van der Waals surface area (Å²) in [6.45, 7) is 4.42. The van der Waals surface area contributed by atoms with E-state index in [1.807, 2.05) is 20.9 Å². The van der Waals surface area contributed by atoms with Crippen LogP contribution in [0, 0.1) is 12.8 Å². The standard InChI is InChI=1S/C11H16N2O2/c1-7-4-9(6-15-7)11(14)10-5-13(3)12-8(10)2/h5,7,9H,4,6H2,1-3H3. The Morgan fingerprint density at radius 2 is 2.40 bits per heavy atom. The first-order valence-electron chi connectivity index (χ1n) is 5.24. The fraction of sp³-hybridized carbons (Fsp3) is 0.636. The highest BCUT2D eigenvalue weighted by atomic mass is 16.5. The highest BCUT2D eigenvalue weighted by Crippen LogP contribution is 2.23. The van der Waals surface area contributed by atoms with E-state index in [1.165, 1.54) is 0 Å². The zero-order valence-corrected chi connectivity index (χ0v) is 9.36. The van der Waals surface area contributed by atoms with Gasteiger partial charge in [0.2, 0.25) is 0 Å². The number of aromatic nitrogens is 2. The van der Waals surface area contributed by atoms with Crippen molar-refractivity contribution >= 4 is 5.78 Å². The lowest BCUT2D eigenvalue weighted by molar-refractivity contribution is 0.0877. The van der Waals surface area contributed by atoms with E-state index in [-0.39, 0.29) is 17.8 Å². The van der Waals surface area contributed by atoms with Crippen molar-refractivity contribution in [1.29, 1.82) is 0 Å². The molecule has 0 aliphatic carbocycles. The van der Waals surface area contributed by atoms with Crippen LogP contribution in [0.25, 0.3) is 0 Å². The molecule has 2 unspecified atom stereocenters. The van der Waals surface area contributed by atoms with Gasteiger partial charge in [0.15, 0.2) is 5.78 Å². The van der Waals surface area contributed by atoms with E-state index >= 15 is 0 Å². The molecule has 1 aromatic heterocycles. The van der Waals surface area contributed by atoms with Gasteiger partial charge in [0, 0.05) is 19.2 Å². The van der Waals surface area contributed by atoms with Gasteiger partial charge in [0.05, 0.1) is 24.0 Å². The molecule has 4 heteroatoms. The molecule has 0 bridgehead atoms. The number of hydrogen-bond donors (Lipinski definition) is 0. The number of Topliss-reactive ketones (excluding diaryl/α,β-unsaturated/α-hetero) is 1. The lowest BCUT2D eigenvalue weighted by atomic mass is 9.96. The van der Waals surface area contributed by atoms with E-state index in [4.69, 9.17) is 4.74 Å². The van der Waals surface area contributed by atoms with Gasteiger partial charge >= 0.3 is 0 Å². The zero-order chi connectivity index (χ0) is 11.0. The number of nitrogens with zero attached hydrogens (tertiary/aromatic N) is 2. The Labute approximate surface area is 89.2 Å². The molecule has 0 aromatic carbocycles. The first kappa shape index (κ1) is 10.4. The molecule has 1 fully saturated rings. The molecule has 2 heterocycles. The van der Waals surface area contributed by atoms with Crippen LogP contribution in [0.3, 0.4) is 0 Å². The Balaban J connectivity index is 2.17. The van der Waals surface area contributed by atoms with E-state index in [0.717, 1.165) is 17.7 Å². The molecular formula is C11H16N2O2. The average molecular weight is 208 g/mol. The van der Waals surface area contributed by atoms with Gasteiger partial charge in [-0.15, -0.1) is 0 Å². The van der Waals surface area contributed by atoms with Gasteiger partial charge in [-0.1, -0.05) is 0 Å². The molecule has 2 atom stereocenters. The second kappa shape index (κ2) is 3.77. The molecular weight excluding hydrogens is 192 g/mol. The minimum atomic E-state index is 0.0166. The van der Waals surface area contributed by atoms with E-state index in [1.54, 1.807) is 10.9 Å². The summed E-state index contributed by atoms with van der Waals surface area (Å²) in [5.41, 5.74) is 1.54. The van der Waals surface area contributed by atoms with Crippen molar-refractivity contribution in [2.24, 2.45) is 13.0 Å². The fourth-order valence-electron chi connectivity index (χ4n) is 2.06. The van der Waals surface area contributed by atoms with E-state index < -0.39 is 0 Å². The van der Waals surface area contributed by atoms with Crippen molar-refractivity contribution < 1.29 is 9.53 Å². The first-order chi connectivity index (χ1) is 7.08. The fourth-order valence-corrected chi connectivity index (χ4v) is 2.06. The van der Waals surface area contributed by atoms with E-state index in [9.17, 15) is 4.79 Å². The molecule has 0 amide bonds. The predicted molar refractivity (Wildman–Crippen MR) is 55.8 cm³/mol. The lowest BCUT2D eigenvalue weighted by Gasteiger charge is -2.04. The maximum absolute atomic E-state index is 12.1. The van der Waals surface area contributed by atoms with Crippen LogP contribution in [0.1, 0.15) is 29.4 Å². The Morgan fingerprint density at radius 3 is 2.87 bits per heavy atom. The maximum Gasteiger partial charge on any atom is 0.171 e. The zero-order valence-electron chi connectivity index (χ0n) is 9.36. The van der Waals surface area contributed by atoms with Crippen molar-refractivity contribution in [2.75, 3.05) is 6.61 Å². The van der Waals surface area contributed by atoms with Crippen LogP contribution in [0.5, 0.6) is 0 Å². The normalized spacial score (nSPS) is 25.8. The van der Waals surface area contributed by atoms with Crippen molar-refractivity contribution in [3.05, 3.63) is 17.5 Å². The number of rotatable bonds is 2. The number of ether oxygens (including phenoxy) is 1. The van der Waals surface area contributed by atoms with E-state index in [0.29, 0.717) is 6.61 Å². The van der Waals surface area contributed by atoms with Gasteiger partial charge in [0.1, 0.15) is 0 Å². The van der Waals surface area contributed by atoms with Crippen molar-refractivity contribution in [1.82, 2.24) is 9.78 Å². The third-order valence-electron chi connectivity index (χ3n) is 2.85. The van der Waals surface area contributed by atoms with Crippen LogP contribution < -0.4 is 0 Å². The van der Waals surface area contributed by atoms with Crippen molar-refractivity contribution in [3.8, 4) is 0 Å².